The van der Waals surface area contributed by atoms with Crippen LogP contribution < -0.4 is 20.3 Å². The van der Waals surface area contributed by atoms with Gasteiger partial charge in [0, 0.05) is 36.4 Å². The highest BCUT2D eigenvalue weighted by atomic mass is 35.5. The molecule has 2 aliphatic rings. The molecule has 0 aliphatic carbocycles. The lowest BCUT2D eigenvalue weighted by molar-refractivity contribution is 0.0966. The molecule has 0 fully saturated rings. The first kappa shape index (κ1) is 18.7. The summed E-state index contributed by atoms with van der Waals surface area (Å²) in [6.07, 6.45) is 0.817. The molecular weight excluding hydrogens is 402 g/mol. The summed E-state index contributed by atoms with van der Waals surface area (Å²) in [6, 6.07) is 13.6. The summed E-state index contributed by atoms with van der Waals surface area (Å²) in [5.41, 5.74) is 4.63. The number of amides is 1. The predicted molar refractivity (Wildman–Crippen MR) is 116 cm³/mol. The van der Waals surface area contributed by atoms with Crippen molar-refractivity contribution < 1.29 is 9.53 Å². The van der Waals surface area contributed by atoms with E-state index in [0.717, 1.165) is 47.9 Å². The van der Waals surface area contributed by atoms with E-state index in [-0.39, 0.29) is 5.91 Å². The number of nitrogens with zero attached hydrogens (tertiary/aromatic N) is 3. The van der Waals surface area contributed by atoms with E-state index in [1.807, 2.05) is 30.3 Å². The second-order valence-electron chi connectivity index (χ2n) is 7.34. The summed E-state index contributed by atoms with van der Waals surface area (Å²) in [6.45, 7) is 2.10. The number of aromatic nitrogens is 2. The fourth-order valence-corrected chi connectivity index (χ4v) is 4.13. The maximum Gasteiger partial charge on any atom is 0.251 e. The molecule has 30 heavy (non-hydrogen) atoms. The van der Waals surface area contributed by atoms with Crippen molar-refractivity contribution in [1.29, 1.82) is 0 Å². The van der Waals surface area contributed by atoms with Gasteiger partial charge in [-0.25, -0.2) is 4.98 Å². The molecule has 2 aliphatic heterocycles. The Hall–Kier alpha value is -3.32. The maximum absolute atomic E-state index is 11.7. The molecule has 152 valence electrons. The van der Waals surface area contributed by atoms with Crippen LogP contribution in [-0.4, -0.2) is 29.5 Å². The molecule has 0 spiro atoms. The van der Waals surface area contributed by atoms with Gasteiger partial charge in [0.05, 0.1) is 7.11 Å². The highest BCUT2D eigenvalue weighted by molar-refractivity contribution is 6.30. The van der Waals surface area contributed by atoms with Crippen molar-refractivity contribution in [2.45, 2.75) is 19.5 Å². The molecule has 2 N–H and O–H groups in total. The Morgan fingerprint density at radius 2 is 2.03 bits per heavy atom. The molecule has 8 heteroatoms. The van der Waals surface area contributed by atoms with Crippen LogP contribution in [0.3, 0.4) is 0 Å². The van der Waals surface area contributed by atoms with Crippen LogP contribution >= 0.6 is 11.6 Å². The maximum atomic E-state index is 11.7. The minimum atomic E-state index is -0.0393. The van der Waals surface area contributed by atoms with Crippen LogP contribution in [-0.2, 0) is 19.5 Å². The highest BCUT2D eigenvalue weighted by Gasteiger charge is 2.25. The molecule has 1 aromatic heterocycles. The molecular formula is C22H20ClN5O2. The van der Waals surface area contributed by atoms with Crippen LogP contribution in [0.5, 0.6) is 5.75 Å². The Morgan fingerprint density at radius 3 is 2.83 bits per heavy atom. The topological polar surface area (TPSA) is 79.4 Å². The van der Waals surface area contributed by atoms with Crippen LogP contribution in [0.2, 0.25) is 5.15 Å². The molecule has 3 aromatic rings. The number of hydrogen-bond acceptors (Lipinski definition) is 6. The van der Waals surface area contributed by atoms with E-state index in [2.05, 4.69) is 32.7 Å². The van der Waals surface area contributed by atoms with Crippen molar-refractivity contribution in [2.24, 2.45) is 0 Å². The number of hydrogen-bond donors (Lipinski definition) is 2. The number of nitrogens with one attached hydrogen (secondary N) is 2. The Kier molecular flexibility index (Phi) is 4.67. The van der Waals surface area contributed by atoms with E-state index in [1.54, 1.807) is 7.11 Å². The third-order valence-corrected chi connectivity index (χ3v) is 5.76. The molecule has 1 amide bonds. The SMILES string of the molecule is COc1ccc(CN2CCc3c(Cl)nc(Nc4ccc5c(c4)CNC5=O)nc32)cc1. The summed E-state index contributed by atoms with van der Waals surface area (Å²) >= 11 is 6.47. The van der Waals surface area contributed by atoms with E-state index in [9.17, 15) is 4.79 Å². The zero-order valence-electron chi connectivity index (χ0n) is 16.4. The number of halogens is 1. The second kappa shape index (κ2) is 7.50. The molecule has 2 aromatic carbocycles. The zero-order chi connectivity index (χ0) is 20.7. The smallest absolute Gasteiger partial charge is 0.251 e. The zero-order valence-corrected chi connectivity index (χ0v) is 17.2. The Bertz CT molecular complexity index is 1130. The van der Waals surface area contributed by atoms with Crippen LogP contribution in [0.1, 0.15) is 27.0 Å². The number of benzene rings is 2. The van der Waals surface area contributed by atoms with Crippen LogP contribution in [0.4, 0.5) is 17.5 Å². The average molecular weight is 422 g/mol. The number of methoxy groups -OCH3 is 1. The monoisotopic (exact) mass is 421 g/mol. The van der Waals surface area contributed by atoms with Gasteiger partial charge in [-0.2, -0.15) is 4.98 Å². The summed E-state index contributed by atoms with van der Waals surface area (Å²) in [5.74, 6) is 2.09. The van der Waals surface area contributed by atoms with Crippen LogP contribution in [0, 0.1) is 0 Å². The van der Waals surface area contributed by atoms with Crippen molar-refractivity contribution in [3.05, 3.63) is 69.9 Å². The van der Waals surface area contributed by atoms with E-state index in [4.69, 9.17) is 21.3 Å². The van der Waals surface area contributed by atoms with Gasteiger partial charge < -0.3 is 20.3 Å². The van der Waals surface area contributed by atoms with Gasteiger partial charge in [-0.1, -0.05) is 23.7 Å². The van der Waals surface area contributed by atoms with E-state index in [1.165, 1.54) is 5.56 Å². The van der Waals surface area contributed by atoms with Crippen LogP contribution in [0.25, 0.3) is 0 Å². The molecule has 0 saturated carbocycles. The van der Waals surface area contributed by atoms with Crippen molar-refractivity contribution in [2.75, 3.05) is 23.9 Å². The fourth-order valence-electron chi connectivity index (χ4n) is 3.87. The number of rotatable bonds is 5. The first-order valence-electron chi connectivity index (χ1n) is 9.73. The Labute approximate surface area is 179 Å². The Balaban J connectivity index is 1.39. The van der Waals surface area contributed by atoms with Gasteiger partial charge in [0.25, 0.3) is 5.91 Å². The number of ether oxygens (including phenoxy) is 1. The molecule has 0 saturated heterocycles. The lowest BCUT2D eigenvalue weighted by Gasteiger charge is -2.19. The normalized spacial score (nSPS) is 14.3. The number of fused-ring (bicyclic) bond motifs is 2. The third kappa shape index (κ3) is 3.41. The van der Waals surface area contributed by atoms with Gasteiger partial charge >= 0.3 is 0 Å². The first-order chi connectivity index (χ1) is 14.6. The first-order valence-corrected chi connectivity index (χ1v) is 10.1. The average Bonchev–Trinajstić information content (AvgIpc) is 3.32. The summed E-state index contributed by atoms with van der Waals surface area (Å²) in [4.78, 5) is 23.1. The molecule has 3 heterocycles. The van der Waals surface area contributed by atoms with Gasteiger partial charge in [-0.3, -0.25) is 4.79 Å². The van der Waals surface area contributed by atoms with E-state index < -0.39 is 0 Å². The summed E-state index contributed by atoms with van der Waals surface area (Å²) in [5, 5.41) is 6.52. The number of carbonyl (C=O) groups excluding carboxylic acids is 1. The van der Waals surface area contributed by atoms with Crippen molar-refractivity contribution in [3.8, 4) is 5.75 Å². The lowest BCUT2D eigenvalue weighted by Crippen LogP contribution is -2.20. The largest absolute Gasteiger partial charge is 0.497 e. The molecule has 7 nitrogen and oxygen atoms in total. The lowest BCUT2D eigenvalue weighted by atomic mass is 10.1. The summed E-state index contributed by atoms with van der Waals surface area (Å²) < 4.78 is 5.23. The minimum Gasteiger partial charge on any atom is -0.497 e. The molecule has 0 bridgehead atoms. The van der Waals surface area contributed by atoms with Crippen LogP contribution in [0.15, 0.2) is 42.5 Å². The Morgan fingerprint density at radius 1 is 1.20 bits per heavy atom. The van der Waals surface area contributed by atoms with Gasteiger partial charge in [-0.15, -0.1) is 0 Å². The molecule has 0 radical (unpaired) electrons. The quantitative estimate of drug-likeness (QED) is 0.612. The molecule has 5 rings (SSSR count). The van der Waals surface area contributed by atoms with Crippen molar-refractivity contribution in [1.82, 2.24) is 15.3 Å². The van der Waals surface area contributed by atoms with E-state index in [0.29, 0.717) is 23.2 Å². The second-order valence-corrected chi connectivity index (χ2v) is 7.70. The minimum absolute atomic E-state index is 0.0393. The van der Waals surface area contributed by atoms with Gasteiger partial charge in [0.1, 0.15) is 16.7 Å². The van der Waals surface area contributed by atoms with E-state index >= 15 is 0 Å². The predicted octanol–water partition coefficient (Wildman–Crippen LogP) is 3.69. The number of carbonyl (C=O) groups is 1. The van der Waals surface area contributed by atoms with Crippen molar-refractivity contribution >= 4 is 35.0 Å². The number of anilines is 3. The van der Waals surface area contributed by atoms with Gasteiger partial charge in [-0.05, 0) is 47.9 Å². The standard InChI is InChI=1S/C22H20ClN5O2/c1-30-16-5-2-13(3-6-16)12-28-9-8-18-19(23)26-22(27-20(18)28)25-15-4-7-17-14(10-15)11-24-21(17)29/h2-7,10H,8-9,11-12H2,1H3,(H,24,29)(H,25,26,27). The van der Waals surface area contributed by atoms with Gasteiger partial charge in [0.15, 0.2) is 0 Å². The third-order valence-electron chi connectivity index (χ3n) is 5.44. The van der Waals surface area contributed by atoms with Crippen molar-refractivity contribution in [3.63, 3.8) is 0 Å². The van der Waals surface area contributed by atoms with Gasteiger partial charge in [0.2, 0.25) is 5.95 Å². The molecule has 0 unspecified atom stereocenters. The summed E-state index contributed by atoms with van der Waals surface area (Å²) in [7, 11) is 1.66. The molecule has 0 atom stereocenters. The fraction of sp³-hybridized carbons (Fsp3) is 0.227. The highest BCUT2D eigenvalue weighted by Crippen LogP contribution is 2.34.